The van der Waals surface area contributed by atoms with E-state index in [0.29, 0.717) is 18.8 Å². The van der Waals surface area contributed by atoms with Crippen LogP contribution in [0.25, 0.3) is 0 Å². The first kappa shape index (κ1) is 13.6. The van der Waals surface area contributed by atoms with Crippen LogP contribution in [-0.4, -0.2) is 29.1 Å². The molecule has 5 nitrogen and oxygen atoms in total. The number of carbonyl (C=O) groups excluding carboxylic acids is 1. The molecule has 0 amide bonds. The van der Waals surface area contributed by atoms with Gasteiger partial charge in [0.25, 0.3) is 0 Å². The zero-order valence-electron chi connectivity index (χ0n) is 10.6. The molecule has 1 N–H and O–H groups in total. The number of rotatable bonds is 6. The Kier molecular flexibility index (Phi) is 5.03. The number of nitrogens with zero attached hydrogens (tertiary/aromatic N) is 2. The average Bonchev–Trinajstić information content (AvgIpc) is 2.37. The second-order valence-electron chi connectivity index (χ2n) is 3.86. The highest BCUT2D eigenvalue weighted by Gasteiger charge is 2.37. The van der Waals surface area contributed by atoms with Gasteiger partial charge in [-0.2, -0.15) is 0 Å². The fourth-order valence-electron chi connectivity index (χ4n) is 1.48. The minimum Gasteiger partial charge on any atom is -0.464 e. The molecule has 0 bridgehead atoms. The smallest absolute Gasteiger partial charge is 0.332 e. The molecule has 0 saturated carbocycles. The lowest BCUT2D eigenvalue weighted by atomic mass is 9.98. The summed E-state index contributed by atoms with van der Waals surface area (Å²) < 4.78 is 5.09. The van der Waals surface area contributed by atoms with E-state index in [1.807, 2.05) is 6.92 Å². The van der Waals surface area contributed by atoms with E-state index in [9.17, 15) is 4.79 Å². The Balaban J connectivity index is 2.97. The molecule has 0 aliphatic heterocycles. The lowest BCUT2D eigenvalue weighted by Gasteiger charge is -2.27. The molecular formula is C12H19N3O2. The van der Waals surface area contributed by atoms with Crippen LogP contribution in [0.1, 0.15) is 32.9 Å². The average molecular weight is 237 g/mol. The highest BCUT2D eigenvalue weighted by molar-refractivity contribution is 5.81. The first-order valence-electron chi connectivity index (χ1n) is 5.83. The van der Waals surface area contributed by atoms with E-state index in [4.69, 9.17) is 4.74 Å². The topological polar surface area (TPSA) is 64.1 Å². The van der Waals surface area contributed by atoms with Crippen molar-refractivity contribution in [3.05, 3.63) is 24.3 Å². The van der Waals surface area contributed by atoms with Gasteiger partial charge in [0.1, 0.15) is 0 Å². The molecular weight excluding hydrogens is 218 g/mol. The Morgan fingerprint density at radius 3 is 2.76 bits per heavy atom. The third kappa shape index (κ3) is 3.23. The van der Waals surface area contributed by atoms with Gasteiger partial charge >= 0.3 is 5.97 Å². The largest absolute Gasteiger partial charge is 0.464 e. The Hall–Kier alpha value is -1.49. The molecule has 0 saturated heterocycles. The second-order valence-corrected chi connectivity index (χ2v) is 3.86. The van der Waals surface area contributed by atoms with Crippen molar-refractivity contribution in [1.82, 2.24) is 15.3 Å². The number of nitrogens with one attached hydrogen (secondary N) is 1. The van der Waals surface area contributed by atoms with Crippen LogP contribution in [0.4, 0.5) is 0 Å². The summed E-state index contributed by atoms with van der Waals surface area (Å²) in [4.78, 5) is 20.2. The Morgan fingerprint density at radius 2 is 2.24 bits per heavy atom. The number of hydrogen-bond donors (Lipinski definition) is 1. The Morgan fingerprint density at radius 1 is 1.47 bits per heavy atom. The number of carbonyl (C=O) groups is 1. The van der Waals surface area contributed by atoms with E-state index < -0.39 is 5.54 Å². The van der Waals surface area contributed by atoms with Crippen molar-refractivity contribution in [2.75, 3.05) is 13.2 Å². The van der Waals surface area contributed by atoms with Crippen LogP contribution in [0.5, 0.6) is 0 Å². The summed E-state index contributed by atoms with van der Waals surface area (Å²) in [6.45, 7) is 6.66. The van der Waals surface area contributed by atoms with Crippen molar-refractivity contribution >= 4 is 5.97 Å². The summed E-state index contributed by atoms with van der Waals surface area (Å²) in [6.07, 6.45) is 5.66. The standard InChI is InChI=1S/C12H19N3O2/c1-4-6-15-12(3,11(16)17-5-2)10-9-13-7-8-14-10/h7-9,15H,4-6H2,1-3H3. The number of ether oxygens (including phenoxy) is 1. The van der Waals surface area contributed by atoms with Gasteiger partial charge in [-0.15, -0.1) is 0 Å². The van der Waals surface area contributed by atoms with Crippen molar-refractivity contribution in [1.29, 1.82) is 0 Å². The summed E-state index contributed by atoms with van der Waals surface area (Å²) in [5, 5.41) is 3.17. The van der Waals surface area contributed by atoms with Crippen molar-refractivity contribution in [3.8, 4) is 0 Å². The Labute approximate surface area is 102 Å². The summed E-state index contributed by atoms with van der Waals surface area (Å²) in [7, 11) is 0. The first-order chi connectivity index (χ1) is 8.15. The lowest BCUT2D eigenvalue weighted by Crippen LogP contribution is -2.48. The molecule has 0 aromatic carbocycles. The van der Waals surface area contributed by atoms with Crippen LogP contribution in [0.15, 0.2) is 18.6 Å². The van der Waals surface area contributed by atoms with Gasteiger partial charge in [0.05, 0.1) is 18.5 Å². The van der Waals surface area contributed by atoms with Crippen molar-refractivity contribution < 1.29 is 9.53 Å². The zero-order valence-corrected chi connectivity index (χ0v) is 10.6. The van der Waals surface area contributed by atoms with Crippen molar-refractivity contribution in [3.63, 3.8) is 0 Å². The maximum absolute atomic E-state index is 12.0. The van der Waals surface area contributed by atoms with E-state index in [1.54, 1.807) is 32.4 Å². The first-order valence-corrected chi connectivity index (χ1v) is 5.83. The molecule has 1 aromatic rings. The minimum atomic E-state index is -0.930. The molecule has 1 aromatic heterocycles. The van der Waals surface area contributed by atoms with Crippen molar-refractivity contribution in [2.45, 2.75) is 32.7 Å². The lowest BCUT2D eigenvalue weighted by molar-refractivity contribution is -0.151. The molecule has 0 aliphatic carbocycles. The van der Waals surface area contributed by atoms with Crippen LogP contribution in [0, 0.1) is 0 Å². The van der Waals surface area contributed by atoms with Gasteiger partial charge in [-0.05, 0) is 26.8 Å². The third-order valence-corrected chi connectivity index (χ3v) is 2.49. The van der Waals surface area contributed by atoms with E-state index in [0.717, 1.165) is 6.42 Å². The third-order valence-electron chi connectivity index (χ3n) is 2.49. The fraction of sp³-hybridized carbons (Fsp3) is 0.583. The predicted molar refractivity (Wildman–Crippen MR) is 64.3 cm³/mol. The monoisotopic (exact) mass is 237 g/mol. The fourth-order valence-corrected chi connectivity index (χ4v) is 1.48. The molecule has 0 fully saturated rings. The minimum absolute atomic E-state index is 0.325. The number of esters is 1. The molecule has 1 unspecified atom stereocenters. The molecule has 5 heteroatoms. The second kappa shape index (κ2) is 6.30. The van der Waals surface area contributed by atoms with E-state index >= 15 is 0 Å². The molecule has 0 radical (unpaired) electrons. The summed E-state index contributed by atoms with van der Waals surface area (Å²) in [6, 6.07) is 0. The van der Waals surface area contributed by atoms with E-state index in [2.05, 4.69) is 15.3 Å². The van der Waals surface area contributed by atoms with Crippen LogP contribution in [0.3, 0.4) is 0 Å². The SMILES string of the molecule is CCCNC(C)(C(=O)OCC)c1cnccn1. The van der Waals surface area contributed by atoms with E-state index in [1.165, 1.54) is 0 Å². The predicted octanol–water partition coefficient (Wildman–Crippen LogP) is 1.25. The van der Waals surface area contributed by atoms with Gasteiger partial charge in [0.2, 0.25) is 0 Å². The molecule has 1 rings (SSSR count). The van der Waals surface area contributed by atoms with Gasteiger partial charge in [0.15, 0.2) is 5.54 Å². The van der Waals surface area contributed by atoms with Crippen LogP contribution in [-0.2, 0) is 15.1 Å². The Bertz CT molecular complexity index is 356. The summed E-state index contributed by atoms with van der Waals surface area (Å²) in [5.41, 5.74) is -0.354. The quantitative estimate of drug-likeness (QED) is 0.754. The van der Waals surface area contributed by atoms with Crippen LogP contribution < -0.4 is 5.32 Å². The molecule has 0 spiro atoms. The molecule has 1 atom stereocenters. The van der Waals surface area contributed by atoms with Gasteiger partial charge in [-0.3, -0.25) is 15.3 Å². The maximum Gasteiger partial charge on any atom is 0.332 e. The number of hydrogen-bond acceptors (Lipinski definition) is 5. The number of aromatic nitrogens is 2. The maximum atomic E-state index is 12.0. The molecule has 1 heterocycles. The highest BCUT2D eigenvalue weighted by atomic mass is 16.5. The summed E-state index contributed by atoms with van der Waals surface area (Å²) >= 11 is 0. The van der Waals surface area contributed by atoms with E-state index in [-0.39, 0.29) is 5.97 Å². The van der Waals surface area contributed by atoms with Gasteiger partial charge in [0, 0.05) is 12.4 Å². The zero-order chi connectivity index (χ0) is 12.7. The van der Waals surface area contributed by atoms with Gasteiger partial charge < -0.3 is 4.74 Å². The van der Waals surface area contributed by atoms with Crippen molar-refractivity contribution in [2.24, 2.45) is 0 Å². The molecule has 0 aliphatic rings. The highest BCUT2D eigenvalue weighted by Crippen LogP contribution is 2.19. The normalized spacial score (nSPS) is 14.1. The van der Waals surface area contributed by atoms with Crippen LogP contribution in [0.2, 0.25) is 0 Å². The van der Waals surface area contributed by atoms with Gasteiger partial charge in [-0.25, -0.2) is 4.79 Å². The molecule has 94 valence electrons. The van der Waals surface area contributed by atoms with Gasteiger partial charge in [-0.1, -0.05) is 6.92 Å². The van der Waals surface area contributed by atoms with Crippen LogP contribution >= 0.6 is 0 Å². The molecule has 17 heavy (non-hydrogen) atoms. The summed E-state index contributed by atoms with van der Waals surface area (Å²) in [5.74, 6) is -0.325.